The number of aromatic nitrogens is 2. The summed E-state index contributed by atoms with van der Waals surface area (Å²) in [6.07, 6.45) is 4.61. The molecule has 2 aromatic carbocycles. The molecule has 0 bridgehead atoms. The van der Waals surface area contributed by atoms with E-state index in [2.05, 4.69) is 46.7 Å². The number of nitrogens with two attached hydrogens (primary N) is 1. The van der Waals surface area contributed by atoms with Crippen LogP contribution in [-0.2, 0) is 11.1 Å². The van der Waals surface area contributed by atoms with Gasteiger partial charge >= 0.3 is 0 Å². The minimum atomic E-state index is -0.913. The Labute approximate surface area is 218 Å². The zero-order valence-corrected chi connectivity index (χ0v) is 21.8. The topological polar surface area (TPSA) is 104 Å². The van der Waals surface area contributed by atoms with Gasteiger partial charge in [0, 0.05) is 23.8 Å². The minimum absolute atomic E-state index is 0.481. The van der Waals surface area contributed by atoms with E-state index < -0.39 is 16.7 Å². The highest BCUT2D eigenvalue weighted by Gasteiger charge is 2.49. The molecule has 3 heterocycles. The van der Waals surface area contributed by atoms with E-state index in [1.54, 1.807) is 11.3 Å². The van der Waals surface area contributed by atoms with Crippen LogP contribution in [0.2, 0.25) is 0 Å². The second kappa shape index (κ2) is 8.83. The van der Waals surface area contributed by atoms with E-state index in [0.717, 1.165) is 61.5 Å². The molecule has 5 N–H and O–H groups in total. The third kappa shape index (κ3) is 4.32. The lowest BCUT2D eigenvalue weighted by molar-refractivity contribution is -0.0738. The first-order chi connectivity index (χ1) is 17.2. The summed E-state index contributed by atoms with van der Waals surface area (Å²) in [6, 6.07) is 18.6. The largest absolute Gasteiger partial charge is 0.390 e. The highest BCUT2D eigenvalue weighted by molar-refractivity contribution is 7.23. The Morgan fingerprint density at radius 3 is 2.39 bits per heavy atom. The van der Waals surface area contributed by atoms with E-state index in [0.29, 0.717) is 19.4 Å². The molecule has 1 saturated carbocycles. The van der Waals surface area contributed by atoms with Crippen LogP contribution in [0.1, 0.15) is 43.2 Å². The van der Waals surface area contributed by atoms with Gasteiger partial charge < -0.3 is 21.3 Å². The van der Waals surface area contributed by atoms with E-state index >= 15 is 0 Å². The number of nitrogens with zero attached hydrogens (tertiary/aromatic N) is 2. The van der Waals surface area contributed by atoms with E-state index in [9.17, 15) is 10.2 Å². The number of hydrogen-bond donors (Lipinski definition) is 4. The molecule has 1 aliphatic heterocycles. The minimum Gasteiger partial charge on any atom is -0.390 e. The lowest BCUT2D eigenvalue weighted by Gasteiger charge is -2.49. The van der Waals surface area contributed by atoms with Crippen molar-refractivity contribution in [2.24, 2.45) is 5.73 Å². The Balaban J connectivity index is 1.36. The number of thiazole rings is 2. The van der Waals surface area contributed by atoms with Crippen LogP contribution in [-0.4, -0.2) is 38.9 Å². The number of hydrogen-bond acceptors (Lipinski definition) is 8. The fraction of sp³-hybridized carbons (Fsp3) is 0.357. The fourth-order valence-corrected chi connectivity index (χ4v) is 7.70. The smallest absolute Gasteiger partial charge is 0.136 e. The van der Waals surface area contributed by atoms with Crippen LogP contribution in [0.4, 0.5) is 0 Å². The van der Waals surface area contributed by atoms with Gasteiger partial charge in [0.05, 0.1) is 21.0 Å². The number of benzene rings is 2. The Hall–Kier alpha value is -2.46. The van der Waals surface area contributed by atoms with Gasteiger partial charge in [0.2, 0.25) is 0 Å². The van der Waals surface area contributed by atoms with E-state index in [1.165, 1.54) is 11.3 Å². The van der Waals surface area contributed by atoms with Crippen molar-refractivity contribution in [2.45, 2.75) is 49.3 Å². The number of rotatable bonds is 5. The molecule has 1 atom stereocenters. The van der Waals surface area contributed by atoms with Crippen LogP contribution in [0.5, 0.6) is 0 Å². The molecular weight excluding hydrogens is 488 g/mol. The Bertz CT molecular complexity index is 1360. The molecule has 36 heavy (non-hydrogen) atoms. The number of aliphatic hydroxyl groups is 2. The molecule has 186 valence electrons. The van der Waals surface area contributed by atoms with Crippen LogP contribution in [0, 0.1) is 0 Å². The fourth-order valence-electron chi connectivity index (χ4n) is 5.54. The SMILES string of the molecule is CC1(O)CC(N)(c2ccc(-c3nc(-c4cnc([C@@]5(O)CCCNC5)s4)sc3-c3ccccc3)cc2)C1. The third-order valence-electron chi connectivity index (χ3n) is 7.26. The molecule has 6 nitrogen and oxygen atoms in total. The number of β-amino-alcohol motifs (C(OH)–C–C–N with tert-alkyl or cyclic N) is 1. The molecule has 2 aliphatic rings. The predicted molar refractivity (Wildman–Crippen MR) is 146 cm³/mol. The highest BCUT2D eigenvalue weighted by Crippen LogP contribution is 2.47. The van der Waals surface area contributed by atoms with Gasteiger partial charge in [-0.25, -0.2) is 9.97 Å². The monoisotopic (exact) mass is 518 g/mol. The van der Waals surface area contributed by atoms with E-state index in [4.69, 9.17) is 10.7 Å². The first-order valence-corrected chi connectivity index (χ1v) is 14.0. The molecular formula is C28H30N4O2S2. The summed E-state index contributed by atoms with van der Waals surface area (Å²) in [6.45, 7) is 3.30. The van der Waals surface area contributed by atoms with Gasteiger partial charge in [-0.15, -0.1) is 22.7 Å². The van der Waals surface area contributed by atoms with Crippen molar-refractivity contribution in [3.63, 3.8) is 0 Å². The number of piperidine rings is 1. The maximum atomic E-state index is 11.1. The Morgan fingerprint density at radius 2 is 1.72 bits per heavy atom. The van der Waals surface area contributed by atoms with Gasteiger partial charge in [-0.2, -0.15) is 0 Å². The summed E-state index contributed by atoms with van der Waals surface area (Å²) in [5.74, 6) is 0. The van der Waals surface area contributed by atoms with Crippen molar-refractivity contribution in [1.29, 1.82) is 0 Å². The van der Waals surface area contributed by atoms with Gasteiger partial charge in [-0.1, -0.05) is 54.6 Å². The molecule has 1 saturated heterocycles. The molecule has 1 aliphatic carbocycles. The van der Waals surface area contributed by atoms with E-state index in [1.807, 2.05) is 31.3 Å². The molecule has 6 rings (SSSR count). The zero-order chi connectivity index (χ0) is 25.0. The summed E-state index contributed by atoms with van der Waals surface area (Å²) in [5, 5.41) is 26.2. The van der Waals surface area contributed by atoms with Gasteiger partial charge in [-0.3, -0.25) is 0 Å². The average molecular weight is 519 g/mol. The summed E-state index contributed by atoms with van der Waals surface area (Å²) < 4.78 is 0. The predicted octanol–water partition coefficient (Wildman–Crippen LogP) is 4.87. The van der Waals surface area contributed by atoms with Crippen molar-refractivity contribution < 1.29 is 10.2 Å². The maximum Gasteiger partial charge on any atom is 0.136 e. The normalized spacial score (nSPS) is 28.1. The lowest BCUT2D eigenvalue weighted by atomic mass is 9.63. The van der Waals surface area contributed by atoms with Gasteiger partial charge in [-0.05, 0) is 50.3 Å². The second-order valence-corrected chi connectivity index (χ2v) is 12.5. The molecule has 0 radical (unpaired) electrons. The van der Waals surface area contributed by atoms with Crippen LogP contribution in [0.15, 0.2) is 60.8 Å². The van der Waals surface area contributed by atoms with Crippen LogP contribution < -0.4 is 11.1 Å². The van der Waals surface area contributed by atoms with Crippen LogP contribution in [0.3, 0.4) is 0 Å². The van der Waals surface area contributed by atoms with Crippen molar-refractivity contribution in [3.05, 3.63) is 71.4 Å². The summed E-state index contributed by atoms with van der Waals surface area (Å²) >= 11 is 3.18. The Kier molecular flexibility index (Phi) is 5.87. The van der Waals surface area contributed by atoms with Gasteiger partial charge in [0.15, 0.2) is 0 Å². The third-order valence-corrected chi connectivity index (χ3v) is 9.73. The standard InChI is InChI=1S/C28H30N4O2S2/c1-26(33)15-27(29,16-26)20-10-8-18(9-11-20)22-23(19-6-3-2-4-7-19)36-24(32-22)21-14-31-25(35-21)28(34)12-5-13-30-17-28/h2-4,6-11,14,30,33-34H,5,12-13,15-17,29H2,1H3/t26?,27?,28-/m1/s1. The van der Waals surface area contributed by atoms with Crippen molar-refractivity contribution in [2.75, 3.05) is 13.1 Å². The first-order valence-electron chi connectivity index (χ1n) is 12.3. The molecule has 0 spiro atoms. The Morgan fingerprint density at radius 1 is 0.972 bits per heavy atom. The quantitative estimate of drug-likeness (QED) is 0.301. The average Bonchev–Trinajstić information content (AvgIpc) is 3.52. The van der Waals surface area contributed by atoms with Crippen LogP contribution in [0.25, 0.3) is 31.6 Å². The lowest BCUT2D eigenvalue weighted by Crippen LogP contribution is -2.58. The molecule has 8 heteroatoms. The van der Waals surface area contributed by atoms with Crippen LogP contribution >= 0.6 is 22.7 Å². The van der Waals surface area contributed by atoms with Crippen molar-refractivity contribution in [3.8, 4) is 31.6 Å². The first kappa shape index (κ1) is 23.9. The molecule has 0 unspecified atom stereocenters. The molecule has 2 aromatic heterocycles. The van der Waals surface area contributed by atoms with Gasteiger partial charge in [0.25, 0.3) is 0 Å². The molecule has 4 aromatic rings. The van der Waals surface area contributed by atoms with Gasteiger partial charge in [0.1, 0.15) is 15.6 Å². The zero-order valence-electron chi connectivity index (χ0n) is 20.2. The maximum absolute atomic E-state index is 11.1. The molecule has 0 amide bonds. The summed E-state index contributed by atoms with van der Waals surface area (Å²) in [5.41, 5.74) is 8.58. The summed E-state index contributed by atoms with van der Waals surface area (Å²) in [7, 11) is 0. The van der Waals surface area contributed by atoms with Crippen molar-refractivity contribution >= 4 is 22.7 Å². The van der Waals surface area contributed by atoms with E-state index in [-0.39, 0.29) is 0 Å². The second-order valence-electron chi connectivity index (χ2n) is 10.5. The molecule has 2 fully saturated rings. The number of nitrogens with one attached hydrogen (secondary N) is 1. The highest BCUT2D eigenvalue weighted by atomic mass is 32.1. The summed E-state index contributed by atoms with van der Waals surface area (Å²) in [4.78, 5) is 11.7. The van der Waals surface area contributed by atoms with Crippen molar-refractivity contribution in [1.82, 2.24) is 15.3 Å².